The molecule has 1 aromatic heterocycles. The number of nitrogens with zero attached hydrogens (tertiary/aromatic N) is 2. The van der Waals surface area contributed by atoms with E-state index in [2.05, 4.69) is 4.98 Å². The predicted octanol–water partition coefficient (Wildman–Crippen LogP) is 3.08. The maximum atomic E-state index is 12.0. The summed E-state index contributed by atoms with van der Waals surface area (Å²) >= 11 is 5.73. The number of aromatic nitrogens is 1. The third-order valence-corrected chi connectivity index (χ3v) is 3.57. The van der Waals surface area contributed by atoms with Gasteiger partial charge in [0.2, 0.25) is 5.91 Å². The molecule has 1 aliphatic heterocycles. The lowest BCUT2D eigenvalue weighted by Gasteiger charge is -2.16. The van der Waals surface area contributed by atoms with Crippen molar-refractivity contribution in [2.45, 2.75) is 12.8 Å². The first-order chi connectivity index (χ1) is 10.6. The molecule has 22 heavy (non-hydrogen) atoms. The van der Waals surface area contributed by atoms with Gasteiger partial charge in [0.25, 0.3) is 0 Å². The van der Waals surface area contributed by atoms with E-state index in [4.69, 9.17) is 16.3 Å². The van der Waals surface area contributed by atoms with Crippen molar-refractivity contribution in [1.82, 2.24) is 4.98 Å². The summed E-state index contributed by atoms with van der Waals surface area (Å²) in [5.74, 6) is -0.108. The number of anilines is 1. The Labute approximate surface area is 132 Å². The van der Waals surface area contributed by atoms with E-state index in [1.165, 1.54) is 12.3 Å². The highest BCUT2D eigenvalue weighted by atomic mass is 35.5. The van der Waals surface area contributed by atoms with E-state index in [-0.39, 0.29) is 11.6 Å². The Morgan fingerprint density at radius 2 is 2.14 bits per heavy atom. The minimum atomic E-state index is -0.568. The van der Waals surface area contributed by atoms with Crippen LogP contribution in [0.15, 0.2) is 42.6 Å². The first-order valence-corrected chi connectivity index (χ1v) is 7.25. The lowest BCUT2D eigenvalue weighted by molar-refractivity contribution is -0.117. The van der Waals surface area contributed by atoms with Crippen molar-refractivity contribution >= 4 is 29.2 Å². The summed E-state index contributed by atoms with van der Waals surface area (Å²) in [6, 6.07) is 9.98. The van der Waals surface area contributed by atoms with Gasteiger partial charge in [0.15, 0.2) is 0 Å². The minimum Gasteiger partial charge on any atom is -0.422 e. The van der Waals surface area contributed by atoms with Crippen LogP contribution in [0, 0.1) is 0 Å². The van der Waals surface area contributed by atoms with E-state index in [1.54, 1.807) is 29.2 Å². The fraction of sp³-hybridized carbons (Fsp3) is 0.188. The number of hydrogen-bond acceptors (Lipinski definition) is 4. The summed E-state index contributed by atoms with van der Waals surface area (Å²) in [4.78, 5) is 29.4. The van der Waals surface area contributed by atoms with Gasteiger partial charge in [-0.3, -0.25) is 4.79 Å². The number of benzene rings is 1. The van der Waals surface area contributed by atoms with Crippen molar-refractivity contribution in [2.24, 2.45) is 0 Å². The number of esters is 1. The molecule has 0 bridgehead atoms. The number of rotatable bonds is 3. The van der Waals surface area contributed by atoms with Gasteiger partial charge in [-0.25, -0.2) is 9.78 Å². The van der Waals surface area contributed by atoms with Gasteiger partial charge in [-0.05, 0) is 30.7 Å². The van der Waals surface area contributed by atoms with Crippen LogP contribution in [0.1, 0.15) is 23.3 Å². The first kappa shape index (κ1) is 14.5. The third-order valence-electron chi connectivity index (χ3n) is 3.35. The zero-order valence-corrected chi connectivity index (χ0v) is 12.4. The molecule has 0 spiro atoms. The maximum Gasteiger partial charge on any atom is 0.362 e. The fourth-order valence-electron chi connectivity index (χ4n) is 2.29. The Kier molecular flexibility index (Phi) is 4.06. The molecule has 3 rings (SSSR count). The minimum absolute atomic E-state index is 0.0860. The average molecular weight is 317 g/mol. The fourth-order valence-corrected chi connectivity index (χ4v) is 2.40. The SMILES string of the molecule is O=C(Oc1cccc(N2CCCC2=O)c1)c1ccc(Cl)cn1. The van der Waals surface area contributed by atoms with Crippen LogP contribution in [0.25, 0.3) is 0 Å². The highest BCUT2D eigenvalue weighted by Gasteiger charge is 2.22. The average Bonchev–Trinajstić information content (AvgIpc) is 2.94. The lowest BCUT2D eigenvalue weighted by Crippen LogP contribution is -2.23. The molecule has 0 radical (unpaired) electrons. The number of halogens is 1. The number of carbonyl (C=O) groups excluding carboxylic acids is 2. The summed E-state index contributed by atoms with van der Waals surface area (Å²) in [6.07, 6.45) is 2.79. The number of pyridine rings is 1. The molecule has 2 heterocycles. The van der Waals surface area contributed by atoms with Gasteiger partial charge in [0, 0.05) is 30.9 Å². The Bertz CT molecular complexity index is 716. The van der Waals surface area contributed by atoms with Gasteiger partial charge in [-0.2, -0.15) is 0 Å². The van der Waals surface area contributed by atoms with Crippen molar-refractivity contribution in [1.29, 1.82) is 0 Å². The van der Waals surface area contributed by atoms with Gasteiger partial charge < -0.3 is 9.64 Å². The Balaban J connectivity index is 1.76. The topological polar surface area (TPSA) is 59.5 Å². The molecule has 0 atom stereocenters. The molecule has 6 heteroatoms. The van der Waals surface area contributed by atoms with E-state index in [0.717, 1.165) is 12.1 Å². The number of ether oxygens (including phenoxy) is 1. The number of hydrogen-bond donors (Lipinski definition) is 0. The second kappa shape index (κ2) is 6.15. The van der Waals surface area contributed by atoms with E-state index in [1.807, 2.05) is 6.07 Å². The van der Waals surface area contributed by atoms with Gasteiger partial charge in [-0.1, -0.05) is 17.7 Å². The van der Waals surface area contributed by atoms with Crippen LogP contribution in [-0.2, 0) is 4.79 Å². The summed E-state index contributed by atoms with van der Waals surface area (Å²) in [5.41, 5.74) is 0.906. The van der Waals surface area contributed by atoms with Crippen molar-refractivity contribution in [3.63, 3.8) is 0 Å². The lowest BCUT2D eigenvalue weighted by atomic mass is 10.2. The van der Waals surface area contributed by atoms with Crippen LogP contribution < -0.4 is 9.64 Å². The monoisotopic (exact) mass is 316 g/mol. The van der Waals surface area contributed by atoms with Gasteiger partial charge in [-0.15, -0.1) is 0 Å². The zero-order valence-electron chi connectivity index (χ0n) is 11.7. The van der Waals surface area contributed by atoms with Crippen LogP contribution in [-0.4, -0.2) is 23.4 Å². The van der Waals surface area contributed by atoms with Crippen molar-refractivity contribution in [3.8, 4) is 5.75 Å². The molecule has 112 valence electrons. The molecule has 1 amide bonds. The summed E-state index contributed by atoms with van der Waals surface area (Å²) < 4.78 is 5.29. The van der Waals surface area contributed by atoms with Crippen molar-refractivity contribution in [2.75, 3.05) is 11.4 Å². The van der Waals surface area contributed by atoms with Crippen molar-refractivity contribution < 1.29 is 14.3 Å². The molecule has 0 saturated carbocycles. The van der Waals surface area contributed by atoms with E-state index in [9.17, 15) is 9.59 Å². The molecule has 1 aliphatic rings. The second-order valence-corrected chi connectivity index (χ2v) is 5.33. The molecule has 0 unspecified atom stereocenters. The van der Waals surface area contributed by atoms with E-state index in [0.29, 0.717) is 23.7 Å². The maximum absolute atomic E-state index is 12.0. The summed E-state index contributed by atoms with van der Waals surface area (Å²) in [5, 5.41) is 0.450. The summed E-state index contributed by atoms with van der Waals surface area (Å²) in [7, 11) is 0. The second-order valence-electron chi connectivity index (χ2n) is 4.90. The molecule has 1 aromatic carbocycles. The van der Waals surface area contributed by atoms with Gasteiger partial charge in [0.1, 0.15) is 11.4 Å². The molecule has 0 N–H and O–H groups in total. The zero-order chi connectivity index (χ0) is 15.5. The molecule has 5 nitrogen and oxygen atoms in total. The van der Waals surface area contributed by atoms with Crippen LogP contribution in [0.4, 0.5) is 5.69 Å². The normalized spacial score (nSPS) is 14.2. The van der Waals surface area contributed by atoms with Gasteiger partial charge in [0.05, 0.1) is 5.02 Å². The standard InChI is InChI=1S/C16H13ClN2O3/c17-11-6-7-14(18-10-11)16(21)22-13-4-1-3-12(9-13)19-8-2-5-15(19)20/h1,3-4,6-7,9-10H,2,5,8H2. The van der Waals surface area contributed by atoms with Crippen LogP contribution in [0.5, 0.6) is 5.75 Å². The van der Waals surface area contributed by atoms with E-state index >= 15 is 0 Å². The highest BCUT2D eigenvalue weighted by Crippen LogP contribution is 2.25. The molecular weight excluding hydrogens is 304 g/mol. The molecule has 1 fully saturated rings. The first-order valence-electron chi connectivity index (χ1n) is 6.88. The molecule has 0 aliphatic carbocycles. The summed E-state index contributed by atoms with van der Waals surface area (Å²) in [6.45, 7) is 0.689. The van der Waals surface area contributed by atoms with Gasteiger partial charge >= 0.3 is 5.97 Å². The third kappa shape index (κ3) is 3.09. The van der Waals surface area contributed by atoms with Crippen LogP contribution in [0.3, 0.4) is 0 Å². The smallest absolute Gasteiger partial charge is 0.362 e. The largest absolute Gasteiger partial charge is 0.422 e. The Hall–Kier alpha value is -2.40. The number of amides is 1. The van der Waals surface area contributed by atoms with Crippen LogP contribution >= 0.6 is 11.6 Å². The van der Waals surface area contributed by atoms with E-state index < -0.39 is 5.97 Å². The highest BCUT2D eigenvalue weighted by molar-refractivity contribution is 6.30. The quantitative estimate of drug-likeness (QED) is 0.645. The Morgan fingerprint density at radius 3 is 2.82 bits per heavy atom. The molecule has 1 saturated heterocycles. The molecular formula is C16H13ClN2O3. The van der Waals surface area contributed by atoms with Crippen molar-refractivity contribution in [3.05, 3.63) is 53.3 Å². The van der Waals surface area contributed by atoms with Crippen LogP contribution in [0.2, 0.25) is 5.02 Å². The molecule has 2 aromatic rings. The number of carbonyl (C=O) groups is 2. The predicted molar refractivity (Wildman–Crippen MR) is 82.2 cm³/mol. The Morgan fingerprint density at radius 1 is 1.27 bits per heavy atom.